The van der Waals surface area contributed by atoms with Gasteiger partial charge in [0.15, 0.2) is 17.5 Å². The Labute approximate surface area is 387 Å². The van der Waals surface area contributed by atoms with Gasteiger partial charge in [-0.25, -0.2) is 5.53 Å². The van der Waals surface area contributed by atoms with E-state index < -0.39 is 100 Å². The molecule has 25 heteroatoms. The number of halogens is 7. The molecular formula is C42H55ClF6N12O6. The van der Waals surface area contributed by atoms with Crippen molar-refractivity contribution in [3.8, 4) is 11.5 Å². The molecule has 2 aromatic rings. The summed E-state index contributed by atoms with van der Waals surface area (Å²) in [5.74, 6) is -4.26. The molecular weight excluding hydrogens is 918 g/mol. The molecule has 4 rings (SSSR count). The van der Waals surface area contributed by atoms with E-state index in [0.717, 1.165) is 25.7 Å². The van der Waals surface area contributed by atoms with Crippen LogP contribution in [-0.2, 0) is 31.5 Å². The monoisotopic (exact) mass is 972 g/mol. The maximum absolute atomic E-state index is 14.3. The normalized spacial score (nSPS) is 15.4. The number of ether oxygens (including phenoxy) is 2. The van der Waals surface area contributed by atoms with Gasteiger partial charge in [-0.05, 0) is 108 Å². The van der Waals surface area contributed by atoms with E-state index >= 15 is 0 Å². The Balaban J connectivity index is 1.59. The van der Waals surface area contributed by atoms with Crippen molar-refractivity contribution in [3.05, 3.63) is 35.4 Å². The minimum absolute atomic E-state index is 0.0436. The average molecular weight is 973 g/mol. The van der Waals surface area contributed by atoms with Crippen LogP contribution in [0.4, 0.5) is 49.1 Å². The first-order valence-electron chi connectivity index (χ1n) is 21.6. The molecule has 2 aliphatic carbocycles. The number of carbonyl (C=O) groups excluding carboxylic acids is 4. The van der Waals surface area contributed by atoms with Crippen molar-refractivity contribution >= 4 is 75.7 Å². The van der Waals surface area contributed by atoms with Crippen LogP contribution in [0.25, 0.3) is 0 Å². The predicted octanol–water partition coefficient (Wildman–Crippen LogP) is 8.41. The van der Waals surface area contributed by atoms with Gasteiger partial charge in [-0.3, -0.25) is 39.4 Å². The minimum atomic E-state index is -4.99. The van der Waals surface area contributed by atoms with Crippen molar-refractivity contribution in [3.63, 3.8) is 0 Å². The van der Waals surface area contributed by atoms with Gasteiger partial charge in [-0.15, -0.1) is 0 Å². The molecule has 2 aromatic carbocycles. The number of carbonyl (C=O) groups is 4. The fraction of sp³-hybridized carbons (Fsp3) is 0.548. The highest BCUT2D eigenvalue weighted by molar-refractivity contribution is 6.42. The zero-order chi connectivity index (χ0) is 49.3. The van der Waals surface area contributed by atoms with Crippen molar-refractivity contribution in [2.24, 2.45) is 26.6 Å². The number of benzene rings is 2. The zero-order valence-electron chi connectivity index (χ0n) is 36.7. The topological polar surface area (TPSA) is 284 Å². The van der Waals surface area contributed by atoms with Gasteiger partial charge in [0, 0.05) is 44.1 Å². The van der Waals surface area contributed by atoms with Crippen molar-refractivity contribution in [2.75, 3.05) is 34.4 Å². The molecule has 1 unspecified atom stereocenters. The van der Waals surface area contributed by atoms with Gasteiger partial charge < -0.3 is 42.2 Å². The molecule has 11 N–H and O–H groups in total. The Morgan fingerprint density at radius 2 is 1.13 bits per heavy atom. The fourth-order valence-corrected chi connectivity index (χ4v) is 7.22. The lowest BCUT2D eigenvalue weighted by molar-refractivity contribution is -0.138. The van der Waals surface area contributed by atoms with Crippen molar-refractivity contribution in [1.29, 1.82) is 10.9 Å². The van der Waals surface area contributed by atoms with Gasteiger partial charge >= 0.3 is 12.4 Å². The molecule has 0 bridgehead atoms. The molecule has 0 saturated heterocycles. The molecule has 67 heavy (non-hydrogen) atoms. The summed E-state index contributed by atoms with van der Waals surface area (Å²) in [6.45, 7) is 2.13. The summed E-state index contributed by atoms with van der Waals surface area (Å²) in [7, 11) is 0. The van der Waals surface area contributed by atoms with E-state index in [9.17, 15) is 45.5 Å². The smallest absolute Gasteiger partial charge is 0.416 e. The summed E-state index contributed by atoms with van der Waals surface area (Å²) in [4.78, 5) is 63.3. The number of anilines is 4. The predicted molar refractivity (Wildman–Crippen MR) is 240 cm³/mol. The number of nitrogens with two attached hydrogens (primary N) is 2. The molecule has 1 atom stereocenters. The standard InChI is InChI=1S/C42H55ClF6N12O6/c1-23(50)54-16-8-6-14-34(62)57-30-19-25(42(47,48)49)21-32(37(30)67-27-12-4-5-13-27)59-39(65)33(61-53)22-28(51)38(64)58-31-20-24(41(44,45)46)18-29(36(31)66-26-10-2-3-11-26)56-35(63)15-7-9-17-55-40(52)60-43/h18-21,26-27,33,51,53H,2-17,22H2,1H3,(H2,50,54)(H,56,63)(H,57,62)(H,58,64)(H,59,65)(H3,52,55,60). The van der Waals surface area contributed by atoms with Crippen LogP contribution in [0.15, 0.2) is 39.4 Å². The van der Waals surface area contributed by atoms with Crippen molar-refractivity contribution in [1.82, 2.24) is 4.84 Å². The van der Waals surface area contributed by atoms with E-state index in [1.54, 1.807) is 6.92 Å². The van der Waals surface area contributed by atoms with Crippen molar-refractivity contribution in [2.45, 2.75) is 134 Å². The maximum atomic E-state index is 14.3. The number of rotatable bonds is 23. The average Bonchev–Trinajstić information content (AvgIpc) is 3.98. The lowest BCUT2D eigenvalue weighted by Gasteiger charge is -2.23. The van der Waals surface area contributed by atoms with E-state index in [1.807, 2.05) is 0 Å². The lowest BCUT2D eigenvalue weighted by Crippen LogP contribution is -2.33. The van der Waals surface area contributed by atoms with E-state index in [4.69, 9.17) is 43.7 Å². The van der Waals surface area contributed by atoms with Crippen LogP contribution in [-0.4, -0.2) is 72.5 Å². The van der Waals surface area contributed by atoms with Crippen LogP contribution in [0, 0.1) is 10.9 Å². The molecule has 0 aliphatic heterocycles. The number of amides is 4. The largest absolute Gasteiger partial charge is 0.486 e. The van der Waals surface area contributed by atoms with Crippen LogP contribution in [0.2, 0.25) is 0 Å². The van der Waals surface area contributed by atoms with Gasteiger partial charge in [0.05, 0.1) is 57.6 Å². The number of nitrogens with zero attached hydrogens (tertiary/aromatic N) is 3. The van der Waals surface area contributed by atoms with Gasteiger partial charge in [0.1, 0.15) is 0 Å². The molecule has 0 heterocycles. The van der Waals surface area contributed by atoms with Gasteiger partial charge in [0.25, 0.3) is 11.8 Å². The summed E-state index contributed by atoms with van der Waals surface area (Å²) in [6.07, 6.45) is -5.74. The molecule has 2 saturated carbocycles. The lowest BCUT2D eigenvalue weighted by atomic mass is 10.1. The Kier molecular flexibility index (Phi) is 20.0. The van der Waals surface area contributed by atoms with E-state index in [2.05, 4.69) is 41.2 Å². The third kappa shape index (κ3) is 17.2. The number of alkyl halides is 6. The molecule has 368 valence electrons. The number of nitrogens with one attached hydrogen (secondary N) is 7. The summed E-state index contributed by atoms with van der Waals surface area (Å²) >= 11 is 5.36. The van der Waals surface area contributed by atoms with Crippen LogP contribution >= 0.6 is 11.8 Å². The zero-order valence-corrected chi connectivity index (χ0v) is 37.4. The highest BCUT2D eigenvalue weighted by atomic mass is 35.5. The van der Waals surface area contributed by atoms with Crippen LogP contribution < -0.4 is 47.0 Å². The summed E-state index contributed by atoms with van der Waals surface area (Å²) in [6, 6.07) is 0.522. The van der Waals surface area contributed by atoms with Gasteiger partial charge in [0.2, 0.25) is 17.8 Å². The molecule has 2 aliphatic rings. The number of hydrogen-bond acceptors (Lipinski definition) is 11. The highest BCUT2D eigenvalue weighted by Gasteiger charge is 2.36. The number of guanidine groups is 1. The summed E-state index contributed by atoms with van der Waals surface area (Å²) < 4.78 is 97.9. The van der Waals surface area contributed by atoms with E-state index in [-0.39, 0.29) is 43.3 Å². The van der Waals surface area contributed by atoms with Gasteiger partial charge in [-0.1, -0.05) is 0 Å². The Morgan fingerprint density at radius 3 is 1.54 bits per heavy atom. The van der Waals surface area contributed by atoms with Crippen LogP contribution in [0.5, 0.6) is 11.5 Å². The minimum Gasteiger partial charge on any atom is -0.486 e. The third-order valence-electron chi connectivity index (χ3n) is 10.6. The van der Waals surface area contributed by atoms with Crippen LogP contribution in [0.3, 0.4) is 0 Å². The second kappa shape index (κ2) is 25.1. The number of hydrogen-bond donors (Lipinski definition) is 9. The van der Waals surface area contributed by atoms with Crippen LogP contribution in [0.1, 0.15) is 114 Å². The molecule has 0 radical (unpaired) electrons. The number of aliphatic imine (C=N–C) groups is 2. The fourth-order valence-electron chi connectivity index (χ4n) is 7.16. The molecule has 0 spiro atoms. The van der Waals surface area contributed by atoms with E-state index in [1.165, 1.54) is 0 Å². The second-order valence-corrected chi connectivity index (χ2v) is 16.2. The third-order valence-corrected chi connectivity index (χ3v) is 10.7. The van der Waals surface area contributed by atoms with E-state index in [0.29, 0.717) is 81.6 Å². The summed E-state index contributed by atoms with van der Waals surface area (Å²) in [5, 5.41) is 21.1. The number of amidine groups is 1. The molecule has 4 amide bonds. The maximum Gasteiger partial charge on any atom is 0.416 e. The Hall–Kier alpha value is -6.20. The molecule has 18 nitrogen and oxygen atoms in total. The summed E-state index contributed by atoms with van der Waals surface area (Å²) in [5.41, 5.74) is 13.3. The SMILES string of the molecule is CC(N)=NCCCCC(=O)Nc1cc(C(F)(F)F)cc(NC(=O)C(CC(=N)C(=O)Nc2cc(C(F)(F)F)cc(NC(=O)CCCCN=C(N)NCl)c2OC2CCCC2)N=N)c1OC1CCCC1. The quantitative estimate of drug-likeness (QED) is 0.0129. The first-order chi connectivity index (χ1) is 31.7. The molecule has 0 aromatic heterocycles. The van der Waals surface area contributed by atoms with Gasteiger partial charge in [-0.2, -0.15) is 31.5 Å². The molecule has 2 fully saturated rings. The first-order valence-corrected chi connectivity index (χ1v) is 22.0. The second-order valence-electron chi connectivity index (χ2n) is 16.0. The highest BCUT2D eigenvalue weighted by Crippen LogP contribution is 2.44. The first kappa shape index (κ1) is 53.4. The Bertz CT molecular complexity index is 2160. The van der Waals surface area contributed by atoms with Crippen molar-refractivity contribution < 1.29 is 55.0 Å². The number of unbranched alkanes of at least 4 members (excludes halogenated alkanes) is 2. The Morgan fingerprint density at radius 1 is 0.716 bits per heavy atom.